The molecular formula is C17H29N3O. The van der Waals surface area contributed by atoms with Gasteiger partial charge in [-0.25, -0.2) is 0 Å². The predicted octanol–water partition coefficient (Wildman–Crippen LogP) is 2.11. The molecule has 21 heavy (non-hydrogen) atoms. The van der Waals surface area contributed by atoms with Crippen molar-refractivity contribution in [2.24, 2.45) is 5.73 Å². The number of hydrogen-bond donors (Lipinski definition) is 1. The first-order valence-electron chi connectivity index (χ1n) is 7.98. The summed E-state index contributed by atoms with van der Waals surface area (Å²) in [4.78, 5) is 4.96. The minimum atomic E-state index is 0.209. The van der Waals surface area contributed by atoms with Crippen LogP contribution in [0.3, 0.4) is 0 Å². The van der Waals surface area contributed by atoms with Gasteiger partial charge in [0.05, 0.1) is 13.2 Å². The Labute approximate surface area is 128 Å². The number of likely N-dealkylation sites (N-methyl/N-ethyl adjacent to an activating group) is 2. The first kappa shape index (κ1) is 16.3. The van der Waals surface area contributed by atoms with Gasteiger partial charge in [-0.15, -0.1) is 0 Å². The Morgan fingerprint density at radius 1 is 1.43 bits per heavy atom. The van der Waals surface area contributed by atoms with Gasteiger partial charge in [0.2, 0.25) is 0 Å². The van der Waals surface area contributed by atoms with E-state index < -0.39 is 0 Å². The van der Waals surface area contributed by atoms with Crippen molar-refractivity contribution >= 4 is 0 Å². The second-order valence-corrected chi connectivity index (χ2v) is 5.86. The maximum atomic E-state index is 6.06. The highest BCUT2D eigenvalue weighted by molar-refractivity contribution is 5.36. The fraction of sp³-hybridized carbons (Fsp3) is 0.647. The smallest absolute Gasteiger partial charge is 0.123 e. The Morgan fingerprint density at radius 3 is 2.86 bits per heavy atom. The summed E-state index contributed by atoms with van der Waals surface area (Å²) in [6.45, 7) is 6.29. The van der Waals surface area contributed by atoms with Crippen molar-refractivity contribution in [1.29, 1.82) is 0 Å². The van der Waals surface area contributed by atoms with E-state index in [0.717, 1.165) is 18.8 Å². The molecule has 0 bridgehead atoms. The van der Waals surface area contributed by atoms with E-state index in [1.807, 2.05) is 12.1 Å². The molecule has 1 aromatic carbocycles. The Morgan fingerprint density at radius 2 is 2.19 bits per heavy atom. The van der Waals surface area contributed by atoms with Crippen molar-refractivity contribution in [3.05, 3.63) is 29.8 Å². The van der Waals surface area contributed by atoms with Crippen LogP contribution in [0, 0.1) is 0 Å². The highest BCUT2D eigenvalue weighted by atomic mass is 16.5. The van der Waals surface area contributed by atoms with Crippen molar-refractivity contribution in [3.8, 4) is 5.75 Å². The van der Waals surface area contributed by atoms with Crippen LogP contribution in [-0.4, -0.2) is 56.2 Å². The summed E-state index contributed by atoms with van der Waals surface area (Å²) in [5.74, 6) is 0.929. The van der Waals surface area contributed by atoms with E-state index in [1.54, 1.807) is 7.11 Å². The van der Waals surface area contributed by atoms with Gasteiger partial charge in [-0.05, 0) is 39.0 Å². The highest BCUT2D eigenvalue weighted by Crippen LogP contribution is 2.29. The molecule has 1 aliphatic heterocycles. The van der Waals surface area contributed by atoms with Crippen LogP contribution in [0.15, 0.2) is 24.3 Å². The molecule has 1 aliphatic rings. The van der Waals surface area contributed by atoms with Crippen LogP contribution in [0.25, 0.3) is 0 Å². The first-order chi connectivity index (χ1) is 10.2. The van der Waals surface area contributed by atoms with Crippen molar-refractivity contribution in [2.75, 3.05) is 40.3 Å². The van der Waals surface area contributed by atoms with Gasteiger partial charge in [-0.2, -0.15) is 0 Å². The van der Waals surface area contributed by atoms with Gasteiger partial charge in [0.15, 0.2) is 0 Å². The molecule has 4 heteroatoms. The number of ether oxygens (including phenoxy) is 1. The molecule has 1 aromatic rings. The summed E-state index contributed by atoms with van der Waals surface area (Å²) in [6, 6.07) is 9.07. The third kappa shape index (κ3) is 3.76. The predicted molar refractivity (Wildman–Crippen MR) is 87.7 cm³/mol. The second kappa shape index (κ2) is 7.78. The molecule has 0 radical (unpaired) electrons. The van der Waals surface area contributed by atoms with Crippen LogP contribution in [-0.2, 0) is 0 Å². The summed E-state index contributed by atoms with van der Waals surface area (Å²) in [6.07, 6.45) is 2.61. The monoisotopic (exact) mass is 291 g/mol. The molecule has 1 fully saturated rings. The topological polar surface area (TPSA) is 41.7 Å². The van der Waals surface area contributed by atoms with Crippen molar-refractivity contribution in [3.63, 3.8) is 0 Å². The average Bonchev–Trinajstić information content (AvgIpc) is 2.95. The van der Waals surface area contributed by atoms with E-state index in [-0.39, 0.29) is 6.04 Å². The molecule has 0 amide bonds. The summed E-state index contributed by atoms with van der Waals surface area (Å²) >= 11 is 0. The Kier molecular flexibility index (Phi) is 6.03. The zero-order valence-electron chi connectivity index (χ0n) is 13.6. The molecule has 2 N–H and O–H groups in total. The standard InChI is InChI=1S/C17H29N3O/c1-4-20-11-7-8-14(20)13-19(2)16(12-18)15-9-5-6-10-17(15)21-3/h5-6,9-10,14,16H,4,7-8,11-13,18H2,1-3H3. The number of methoxy groups -OCH3 is 1. The molecule has 0 spiro atoms. The lowest BCUT2D eigenvalue weighted by Crippen LogP contribution is -2.41. The lowest BCUT2D eigenvalue weighted by molar-refractivity contribution is 0.164. The summed E-state index contributed by atoms with van der Waals surface area (Å²) in [5.41, 5.74) is 7.25. The lowest BCUT2D eigenvalue weighted by atomic mass is 10.0. The van der Waals surface area contributed by atoms with Gasteiger partial charge >= 0.3 is 0 Å². The number of nitrogens with zero attached hydrogens (tertiary/aromatic N) is 2. The number of likely N-dealkylation sites (tertiary alicyclic amines) is 1. The van der Waals surface area contributed by atoms with Gasteiger partial charge < -0.3 is 10.5 Å². The summed E-state index contributed by atoms with van der Waals surface area (Å²) in [5, 5.41) is 0. The van der Waals surface area contributed by atoms with Crippen LogP contribution >= 0.6 is 0 Å². The number of nitrogens with two attached hydrogens (primary N) is 1. The third-order valence-corrected chi connectivity index (χ3v) is 4.66. The van der Waals surface area contributed by atoms with Crippen LogP contribution in [0.4, 0.5) is 0 Å². The van der Waals surface area contributed by atoms with Gasteiger partial charge in [0.1, 0.15) is 5.75 Å². The van der Waals surface area contributed by atoms with Crippen LogP contribution in [0.2, 0.25) is 0 Å². The third-order valence-electron chi connectivity index (χ3n) is 4.66. The number of hydrogen-bond acceptors (Lipinski definition) is 4. The van der Waals surface area contributed by atoms with Crippen molar-refractivity contribution < 1.29 is 4.74 Å². The molecule has 1 heterocycles. The van der Waals surface area contributed by atoms with Gasteiger partial charge in [0, 0.05) is 24.7 Å². The normalized spacial score (nSPS) is 20.9. The van der Waals surface area contributed by atoms with Crippen LogP contribution < -0.4 is 10.5 Å². The number of para-hydroxylation sites is 1. The summed E-state index contributed by atoms with van der Waals surface area (Å²) in [7, 11) is 3.90. The molecule has 2 unspecified atom stereocenters. The Hall–Kier alpha value is -1.10. The minimum absolute atomic E-state index is 0.209. The quantitative estimate of drug-likeness (QED) is 0.835. The summed E-state index contributed by atoms with van der Waals surface area (Å²) < 4.78 is 5.50. The molecular weight excluding hydrogens is 262 g/mol. The van der Waals surface area contributed by atoms with E-state index >= 15 is 0 Å². The second-order valence-electron chi connectivity index (χ2n) is 5.86. The zero-order chi connectivity index (χ0) is 15.2. The molecule has 1 saturated heterocycles. The lowest BCUT2D eigenvalue weighted by Gasteiger charge is -2.33. The maximum Gasteiger partial charge on any atom is 0.123 e. The molecule has 0 aromatic heterocycles. The molecule has 0 aliphatic carbocycles. The molecule has 118 valence electrons. The fourth-order valence-corrected chi connectivity index (χ4v) is 3.46. The van der Waals surface area contributed by atoms with Crippen LogP contribution in [0.5, 0.6) is 5.75 Å². The molecule has 4 nitrogen and oxygen atoms in total. The Balaban J connectivity index is 2.09. The van der Waals surface area contributed by atoms with Crippen molar-refractivity contribution in [1.82, 2.24) is 9.80 Å². The maximum absolute atomic E-state index is 6.06. The van der Waals surface area contributed by atoms with Gasteiger partial charge in [0.25, 0.3) is 0 Å². The first-order valence-corrected chi connectivity index (χ1v) is 7.98. The molecule has 2 atom stereocenters. The minimum Gasteiger partial charge on any atom is -0.496 e. The SMILES string of the molecule is CCN1CCCC1CN(C)C(CN)c1ccccc1OC. The number of benzene rings is 1. The van der Waals surface area contributed by atoms with Gasteiger partial charge in [-0.3, -0.25) is 9.80 Å². The van der Waals surface area contributed by atoms with E-state index in [1.165, 1.54) is 24.9 Å². The van der Waals surface area contributed by atoms with E-state index in [9.17, 15) is 0 Å². The van der Waals surface area contributed by atoms with Gasteiger partial charge in [-0.1, -0.05) is 25.1 Å². The molecule has 2 rings (SSSR count). The number of rotatable bonds is 7. The molecule has 0 saturated carbocycles. The van der Waals surface area contributed by atoms with Crippen molar-refractivity contribution in [2.45, 2.75) is 31.8 Å². The zero-order valence-corrected chi connectivity index (χ0v) is 13.6. The fourth-order valence-electron chi connectivity index (χ4n) is 3.46. The largest absolute Gasteiger partial charge is 0.496 e. The average molecular weight is 291 g/mol. The van der Waals surface area contributed by atoms with E-state index in [0.29, 0.717) is 12.6 Å². The Bertz CT molecular complexity index is 438. The van der Waals surface area contributed by atoms with Crippen LogP contribution in [0.1, 0.15) is 31.4 Å². The highest BCUT2D eigenvalue weighted by Gasteiger charge is 2.27. The van der Waals surface area contributed by atoms with E-state index in [4.69, 9.17) is 10.5 Å². The van der Waals surface area contributed by atoms with E-state index in [2.05, 4.69) is 35.9 Å².